The van der Waals surface area contributed by atoms with Crippen LogP contribution in [0.3, 0.4) is 0 Å². The molecule has 0 saturated heterocycles. The van der Waals surface area contributed by atoms with Gasteiger partial charge in [-0.15, -0.1) is 0 Å². The van der Waals surface area contributed by atoms with Crippen LogP contribution in [0.25, 0.3) is 0 Å². The van der Waals surface area contributed by atoms with Gasteiger partial charge < -0.3 is 29.2 Å². The largest absolute Gasteiger partial charge is 4.00 e. The van der Waals surface area contributed by atoms with Crippen molar-refractivity contribution < 1.29 is 55.4 Å². The molecule has 0 atom stereocenters. The van der Waals surface area contributed by atoms with E-state index < -0.39 is 8.32 Å². The average molecular weight is 409 g/mol. The quantitative estimate of drug-likeness (QED) is 0.428. The van der Waals surface area contributed by atoms with Gasteiger partial charge in [0.15, 0.2) is 8.32 Å². The Morgan fingerprint density at radius 2 is 1.80 bits per heavy atom. The van der Waals surface area contributed by atoms with Crippen LogP contribution in [0.1, 0.15) is 12.8 Å². The van der Waals surface area contributed by atoms with Crippen molar-refractivity contribution in [2.24, 2.45) is 0 Å². The molecule has 0 fully saturated rings. The molecule has 0 aliphatic heterocycles. The fourth-order valence-electron chi connectivity index (χ4n) is 1.41. The molecule has 2 rings (SSSR count). The van der Waals surface area contributed by atoms with Gasteiger partial charge in [0.1, 0.15) is 0 Å². The van der Waals surface area contributed by atoms with Gasteiger partial charge in [-0.1, -0.05) is 12.8 Å². The van der Waals surface area contributed by atoms with Crippen LogP contribution in [-0.4, -0.2) is 14.9 Å². The minimum absolute atomic E-state index is 0. The van der Waals surface area contributed by atoms with Crippen molar-refractivity contribution >= 4 is 8.32 Å². The Hall–Kier alpha value is 0.470. The van der Waals surface area contributed by atoms with Crippen LogP contribution >= 0.6 is 0 Å². The van der Waals surface area contributed by atoms with E-state index in [1.165, 1.54) is 5.57 Å². The number of hydrogen-bond acceptors (Lipinski definition) is 1. The Kier molecular flexibility index (Phi) is 18.3. The van der Waals surface area contributed by atoms with Gasteiger partial charge in [0.25, 0.3) is 0 Å². The minimum Gasteiger partial charge on any atom is -1.00 e. The van der Waals surface area contributed by atoms with Crippen molar-refractivity contribution in [1.82, 2.24) is 0 Å². The third kappa shape index (κ3) is 14.9. The van der Waals surface area contributed by atoms with Gasteiger partial charge >= 0.3 is 26.2 Å². The van der Waals surface area contributed by atoms with Crippen molar-refractivity contribution in [2.75, 3.05) is 6.61 Å². The van der Waals surface area contributed by atoms with Gasteiger partial charge in [-0.05, 0) is 19.6 Å². The molecular formula is C15H22Cl2OSiZr. The molecule has 5 heteroatoms. The molecule has 1 nitrogen and oxygen atoms in total. The number of allylic oxidation sites excluding steroid dienone is 3. The second-order valence-electron chi connectivity index (χ2n) is 5.05. The average Bonchev–Trinajstić information content (AvgIpc) is 2.91. The maximum Gasteiger partial charge on any atom is 4.00 e. The van der Waals surface area contributed by atoms with Crippen molar-refractivity contribution in [3.63, 3.8) is 0 Å². The Labute approximate surface area is 156 Å². The fourth-order valence-corrected chi connectivity index (χ4v) is 2.12. The first-order valence-electron chi connectivity index (χ1n) is 6.14. The zero-order valence-electron chi connectivity index (χ0n) is 12.3. The summed E-state index contributed by atoms with van der Waals surface area (Å²) in [6, 6.07) is 10.0. The summed E-state index contributed by atoms with van der Waals surface area (Å²) in [6.07, 6.45) is 9.39. The summed E-state index contributed by atoms with van der Waals surface area (Å²) in [5, 5.41) is 0. The number of hydrogen-bond donors (Lipinski definition) is 0. The Balaban J connectivity index is -0.000000312. The molecule has 1 aromatic carbocycles. The van der Waals surface area contributed by atoms with Crippen molar-refractivity contribution in [2.45, 2.75) is 32.5 Å². The molecule has 0 N–H and O–H groups in total. The molecule has 1 aliphatic carbocycles. The molecule has 0 saturated carbocycles. The first-order chi connectivity index (χ1) is 8.08. The second kappa shape index (κ2) is 14.4. The van der Waals surface area contributed by atoms with E-state index in [2.05, 4.69) is 37.9 Å². The first-order valence-corrected chi connectivity index (χ1v) is 9.55. The molecule has 0 spiro atoms. The molecule has 0 heterocycles. The van der Waals surface area contributed by atoms with E-state index in [9.17, 15) is 0 Å². The van der Waals surface area contributed by atoms with E-state index in [-0.39, 0.29) is 51.0 Å². The van der Waals surface area contributed by atoms with Gasteiger partial charge in [0.05, 0.1) is 0 Å². The van der Waals surface area contributed by atoms with E-state index in [4.69, 9.17) is 4.43 Å². The van der Waals surface area contributed by atoms with Gasteiger partial charge in [-0.25, -0.2) is 23.8 Å². The molecule has 1 aromatic rings. The van der Waals surface area contributed by atoms with Crippen LogP contribution in [-0.2, 0) is 30.6 Å². The van der Waals surface area contributed by atoms with E-state index in [1.54, 1.807) is 0 Å². The summed E-state index contributed by atoms with van der Waals surface area (Å²) in [5.41, 5.74) is 1.45. The maximum absolute atomic E-state index is 5.75. The van der Waals surface area contributed by atoms with E-state index in [0.717, 1.165) is 19.4 Å². The predicted molar refractivity (Wildman–Crippen MR) is 76.5 cm³/mol. The molecule has 0 bridgehead atoms. The zero-order chi connectivity index (χ0) is 12.6. The van der Waals surface area contributed by atoms with Gasteiger partial charge in [-0.2, -0.15) is 24.3 Å². The topological polar surface area (TPSA) is 9.23 Å². The first kappa shape index (κ1) is 25.4. The molecule has 0 unspecified atom stereocenters. The van der Waals surface area contributed by atoms with Crippen molar-refractivity contribution in [1.29, 1.82) is 0 Å². The van der Waals surface area contributed by atoms with Crippen LogP contribution in [0.2, 0.25) is 19.6 Å². The predicted octanol–water partition coefficient (Wildman–Crippen LogP) is -1.67. The summed E-state index contributed by atoms with van der Waals surface area (Å²) >= 11 is 0. The maximum atomic E-state index is 5.75. The smallest absolute Gasteiger partial charge is 1.00 e. The van der Waals surface area contributed by atoms with Crippen LogP contribution in [0, 0.1) is 6.08 Å². The third-order valence-electron chi connectivity index (χ3n) is 2.28. The van der Waals surface area contributed by atoms with Crippen LogP contribution in [0.5, 0.6) is 0 Å². The SMILES string of the molecule is C[Si](C)(C)OCCC1=C[C-]=CC1.[Cl-].[Cl-].[Zr+4].c1cc[cH-]c1. The number of rotatable bonds is 4. The fraction of sp³-hybridized carbons (Fsp3) is 0.400. The monoisotopic (exact) mass is 406 g/mol. The van der Waals surface area contributed by atoms with E-state index in [1.807, 2.05) is 30.3 Å². The van der Waals surface area contributed by atoms with Gasteiger partial charge in [-0.3, -0.25) is 6.08 Å². The summed E-state index contributed by atoms with van der Waals surface area (Å²) < 4.78 is 5.75. The van der Waals surface area contributed by atoms with Gasteiger partial charge in [0.2, 0.25) is 0 Å². The van der Waals surface area contributed by atoms with Crippen molar-refractivity contribution in [3.8, 4) is 0 Å². The summed E-state index contributed by atoms with van der Waals surface area (Å²) in [6.45, 7) is 7.55. The van der Waals surface area contributed by atoms with Crippen molar-refractivity contribution in [3.05, 3.63) is 54.1 Å². The molecule has 0 aromatic heterocycles. The van der Waals surface area contributed by atoms with Crippen LogP contribution in [0.4, 0.5) is 0 Å². The number of halogens is 2. The molecule has 0 amide bonds. The standard InChI is InChI=1S/C10H17OSi.C5H5.2ClH.Zr/c1-12(2,3)11-9-8-10-6-4-5-7-10;1-2-4-5-3-1;;;/h4,7H,6,8-9H2,1-3H3;1-5H;2*1H;/q2*-1;;;+4/p-2. The Morgan fingerprint density at radius 3 is 2.15 bits per heavy atom. The minimum atomic E-state index is -1.29. The van der Waals surface area contributed by atoms with Gasteiger partial charge in [0, 0.05) is 6.61 Å². The second-order valence-corrected chi connectivity index (χ2v) is 9.56. The molecule has 0 radical (unpaired) electrons. The van der Waals surface area contributed by atoms with E-state index in [0.29, 0.717) is 0 Å². The van der Waals surface area contributed by atoms with Crippen LogP contribution < -0.4 is 24.8 Å². The molecular weight excluding hydrogens is 386 g/mol. The summed E-state index contributed by atoms with van der Waals surface area (Å²) in [5.74, 6) is 0. The molecule has 1 aliphatic rings. The summed E-state index contributed by atoms with van der Waals surface area (Å²) in [4.78, 5) is 0. The molecule has 20 heavy (non-hydrogen) atoms. The summed E-state index contributed by atoms with van der Waals surface area (Å²) in [7, 11) is -1.29. The molecule has 110 valence electrons. The Morgan fingerprint density at radius 1 is 1.20 bits per heavy atom. The van der Waals surface area contributed by atoms with E-state index >= 15 is 0 Å². The normalized spacial score (nSPS) is 12.1. The zero-order valence-corrected chi connectivity index (χ0v) is 17.3. The van der Waals surface area contributed by atoms with Crippen LogP contribution in [0.15, 0.2) is 48.1 Å². The Bertz CT molecular complexity index is 339. The third-order valence-corrected chi connectivity index (χ3v) is 3.35.